The van der Waals surface area contributed by atoms with E-state index in [9.17, 15) is 18.0 Å². The number of hydrogen-bond acceptors (Lipinski definition) is 2. The summed E-state index contributed by atoms with van der Waals surface area (Å²) in [5.41, 5.74) is -1.01. The zero-order valence-corrected chi connectivity index (χ0v) is 10.6. The lowest BCUT2D eigenvalue weighted by Gasteiger charge is -2.13. The quantitative estimate of drug-likeness (QED) is 0.619. The maximum Gasteiger partial charge on any atom is 0.417 e. The molecule has 0 radical (unpaired) electrons. The number of para-hydroxylation sites is 1. The lowest BCUT2D eigenvalue weighted by molar-refractivity contribution is -0.137. The molecule has 2 aromatic carbocycles. The van der Waals surface area contributed by atoms with Crippen LogP contribution in [0.1, 0.15) is 5.56 Å². The second-order valence-corrected chi connectivity index (χ2v) is 4.52. The third-order valence-electron chi connectivity index (χ3n) is 3.17. The van der Waals surface area contributed by atoms with Crippen molar-refractivity contribution in [1.29, 1.82) is 0 Å². The predicted octanol–water partition coefficient (Wildman–Crippen LogP) is 4.48. The number of alkyl halides is 3. The van der Waals surface area contributed by atoms with Crippen molar-refractivity contribution in [3.63, 3.8) is 0 Å². The van der Waals surface area contributed by atoms with E-state index in [1.807, 2.05) is 0 Å². The van der Waals surface area contributed by atoms with Crippen LogP contribution in [0.4, 0.5) is 13.2 Å². The summed E-state index contributed by atoms with van der Waals surface area (Å²) >= 11 is 0. The largest absolute Gasteiger partial charge is 0.423 e. The summed E-state index contributed by atoms with van der Waals surface area (Å²) in [6, 6.07) is 12.8. The third kappa shape index (κ3) is 2.42. The van der Waals surface area contributed by atoms with Crippen LogP contribution in [0.25, 0.3) is 22.1 Å². The van der Waals surface area contributed by atoms with Gasteiger partial charge in [-0.15, -0.1) is 0 Å². The standard InChI is InChI=1S/C16H9F3O2/c17-16(18,19)13-7-3-1-5-10(13)12-9-15(20)21-14-8-4-2-6-11(12)14/h1-9H. The number of rotatable bonds is 1. The summed E-state index contributed by atoms with van der Waals surface area (Å²) < 4.78 is 44.4. The minimum atomic E-state index is -4.49. The van der Waals surface area contributed by atoms with E-state index in [2.05, 4.69) is 0 Å². The van der Waals surface area contributed by atoms with Crippen molar-refractivity contribution in [2.24, 2.45) is 0 Å². The summed E-state index contributed by atoms with van der Waals surface area (Å²) in [5, 5.41) is 0.466. The molecule has 21 heavy (non-hydrogen) atoms. The van der Waals surface area contributed by atoms with Crippen molar-refractivity contribution in [1.82, 2.24) is 0 Å². The Hall–Kier alpha value is -2.56. The Morgan fingerprint density at radius 3 is 2.29 bits per heavy atom. The molecule has 106 valence electrons. The highest BCUT2D eigenvalue weighted by atomic mass is 19.4. The first kappa shape index (κ1) is 13.4. The van der Waals surface area contributed by atoms with Crippen LogP contribution >= 0.6 is 0 Å². The van der Waals surface area contributed by atoms with Crippen molar-refractivity contribution in [3.8, 4) is 11.1 Å². The molecule has 5 heteroatoms. The average molecular weight is 290 g/mol. The molecule has 0 saturated carbocycles. The van der Waals surface area contributed by atoms with Crippen molar-refractivity contribution in [2.45, 2.75) is 6.18 Å². The number of hydrogen-bond donors (Lipinski definition) is 0. The van der Waals surface area contributed by atoms with Gasteiger partial charge in [-0.1, -0.05) is 36.4 Å². The van der Waals surface area contributed by atoms with Crippen molar-refractivity contribution in [3.05, 3.63) is 70.6 Å². The summed E-state index contributed by atoms with van der Waals surface area (Å²) in [6.45, 7) is 0. The average Bonchev–Trinajstić information content (AvgIpc) is 2.45. The molecule has 0 amide bonds. The van der Waals surface area contributed by atoms with E-state index < -0.39 is 17.4 Å². The van der Waals surface area contributed by atoms with Crippen LogP contribution < -0.4 is 5.63 Å². The molecule has 0 spiro atoms. The van der Waals surface area contributed by atoms with Gasteiger partial charge in [-0.2, -0.15) is 13.2 Å². The lowest BCUT2D eigenvalue weighted by atomic mass is 9.97. The first-order chi connectivity index (χ1) is 9.97. The van der Waals surface area contributed by atoms with Crippen LogP contribution in [-0.2, 0) is 6.18 Å². The van der Waals surface area contributed by atoms with Crippen LogP contribution in [0.5, 0.6) is 0 Å². The molecule has 0 aliphatic heterocycles. The molecule has 0 fully saturated rings. The van der Waals surface area contributed by atoms with E-state index in [1.54, 1.807) is 24.3 Å². The molecule has 0 bridgehead atoms. The Morgan fingerprint density at radius 1 is 0.857 bits per heavy atom. The second kappa shape index (κ2) is 4.77. The summed E-state index contributed by atoms with van der Waals surface area (Å²) in [4.78, 5) is 11.6. The van der Waals surface area contributed by atoms with Gasteiger partial charge in [0.15, 0.2) is 0 Å². The molecule has 3 aromatic rings. The topological polar surface area (TPSA) is 30.2 Å². The van der Waals surface area contributed by atoms with Crippen molar-refractivity contribution in [2.75, 3.05) is 0 Å². The van der Waals surface area contributed by atoms with Gasteiger partial charge in [0.1, 0.15) is 5.58 Å². The molecule has 1 heterocycles. The van der Waals surface area contributed by atoms with Crippen LogP contribution in [0, 0.1) is 0 Å². The van der Waals surface area contributed by atoms with Gasteiger partial charge in [0.25, 0.3) is 0 Å². The van der Waals surface area contributed by atoms with Crippen LogP contribution in [0.3, 0.4) is 0 Å². The highest BCUT2D eigenvalue weighted by molar-refractivity contribution is 5.94. The van der Waals surface area contributed by atoms with Gasteiger partial charge >= 0.3 is 11.8 Å². The SMILES string of the molecule is O=c1cc(-c2ccccc2C(F)(F)F)c2ccccc2o1. The fraction of sp³-hybridized carbons (Fsp3) is 0.0625. The summed E-state index contributed by atoms with van der Waals surface area (Å²) in [6.07, 6.45) is -4.49. The normalized spacial score (nSPS) is 11.8. The first-order valence-electron chi connectivity index (χ1n) is 6.16. The molecular weight excluding hydrogens is 281 g/mol. The van der Waals surface area contributed by atoms with Gasteiger partial charge in [-0.25, -0.2) is 4.79 Å². The number of benzene rings is 2. The van der Waals surface area contributed by atoms with E-state index in [0.717, 1.165) is 12.1 Å². The molecule has 0 aliphatic carbocycles. The van der Waals surface area contributed by atoms with E-state index >= 15 is 0 Å². The molecule has 0 N–H and O–H groups in total. The Kier molecular flexibility index (Phi) is 3.05. The smallest absolute Gasteiger partial charge is 0.417 e. The van der Waals surface area contributed by atoms with E-state index in [4.69, 9.17) is 4.42 Å². The Labute approximate surface area is 117 Å². The Balaban J connectivity index is 2.39. The molecule has 0 saturated heterocycles. The zero-order chi connectivity index (χ0) is 15.0. The highest BCUT2D eigenvalue weighted by Gasteiger charge is 2.33. The van der Waals surface area contributed by atoms with Gasteiger partial charge in [-0.05, 0) is 17.7 Å². The molecular formula is C16H9F3O2. The zero-order valence-electron chi connectivity index (χ0n) is 10.6. The molecule has 1 aromatic heterocycles. The summed E-state index contributed by atoms with van der Waals surface area (Å²) in [5.74, 6) is 0. The second-order valence-electron chi connectivity index (χ2n) is 4.52. The minimum Gasteiger partial charge on any atom is -0.423 e. The van der Waals surface area contributed by atoms with Gasteiger partial charge in [0.2, 0.25) is 0 Å². The third-order valence-corrected chi connectivity index (χ3v) is 3.17. The van der Waals surface area contributed by atoms with Gasteiger partial charge < -0.3 is 4.42 Å². The monoisotopic (exact) mass is 290 g/mol. The minimum absolute atomic E-state index is 0.0332. The van der Waals surface area contributed by atoms with Gasteiger partial charge in [-0.3, -0.25) is 0 Å². The van der Waals surface area contributed by atoms with Crippen molar-refractivity contribution >= 4 is 11.0 Å². The Morgan fingerprint density at radius 2 is 1.52 bits per heavy atom. The van der Waals surface area contributed by atoms with E-state index in [-0.39, 0.29) is 16.7 Å². The van der Waals surface area contributed by atoms with Crippen LogP contribution in [0.2, 0.25) is 0 Å². The fourth-order valence-corrected chi connectivity index (χ4v) is 2.30. The fourth-order valence-electron chi connectivity index (χ4n) is 2.30. The molecule has 0 atom stereocenters. The van der Waals surface area contributed by atoms with Crippen LogP contribution in [0.15, 0.2) is 63.8 Å². The van der Waals surface area contributed by atoms with Crippen LogP contribution in [-0.4, -0.2) is 0 Å². The highest BCUT2D eigenvalue weighted by Crippen LogP contribution is 2.38. The van der Waals surface area contributed by atoms with Gasteiger partial charge in [0, 0.05) is 17.0 Å². The maximum atomic E-state index is 13.1. The van der Waals surface area contributed by atoms with E-state index in [1.165, 1.54) is 18.2 Å². The molecule has 0 unspecified atom stereocenters. The predicted molar refractivity (Wildman–Crippen MR) is 72.9 cm³/mol. The van der Waals surface area contributed by atoms with Crippen molar-refractivity contribution < 1.29 is 17.6 Å². The number of fused-ring (bicyclic) bond motifs is 1. The molecule has 3 rings (SSSR count). The van der Waals surface area contributed by atoms with Gasteiger partial charge in [0.05, 0.1) is 5.56 Å². The van der Waals surface area contributed by atoms with E-state index in [0.29, 0.717) is 5.39 Å². The molecule has 0 aliphatic rings. The maximum absolute atomic E-state index is 13.1. The first-order valence-corrected chi connectivity index (χ1v) is 6.16. The Bertz CT molecular complexity index is 863. The molecule has 2 nitrogen and oxygen atoms in total. The number of halogens is 3. The summed E-state index contributed by atoms with van der Waals surface area (Å²) in [7, 11) is 0. The lowest BCUT2D eigenvalue weighted by Crippen LogP contribution is -2.08.